The monoisotopic (exact) mass is 442 g/mol. The van der Waals surface area contributed by atoms with Gasteiger partial charge in [0.25, 0.3) is 0 Å². The molecule has 168 valence electrons. The third kappa shape index (κ3) is 3.27. The van der Waals surface area contributed by atoms with E-state index in [1.807, 2.05) is 48.8 Å². The van der Waals surface area contributed by atoms with E-state index in [-0.39, 0.29) is 24.3 Å². The molecule has 7 heteroatoms. The number of nitrogens with two attached hydrogens (primary N) is 1. The number of benzene rings is 2. The molecule has 1 aromatic heterocycles. The molecule has 5 rings (SSSR count). The number of hydrogen-bond acceptors (Lipinski definition) is 5. The Bertz CT molecular complexity index is 1320. The van der Waals surface area contributed by atoms with E-state index in [0.29, 0.717) is 40.9 Å². The van der Waals surface area contributed by atoms with Crippen LogP contribution in [0.2, 0.25) is 0 Å². The molecule has 2 aromatic carbocycles. The highest BCUT2D eigenvalue weighted by atomic mass is 16.1. The van der Waals surface area contributed by atoms with Crippen LogP contribution in [0.4, 0.5) is 5.69 Å². The van der Waals surface area contributed by atoms with Gasteiger partial charge in [-0.15, -0.1) is 0 Å². The van der Waals surface area contributed by atoms with Crippen LogP contribution < -0.4 is 10.6 Å². The molecule has 0 fully saturated rings. The Hall–Kier alpha value is -3.71. The van der Waals surface area contributed by atoms with Crippen molar-refractivity contribution in [2.45, 2.75) is 26.1 Å². The van der Waals surface area contributed by atoms with Gasteiger partial charge in [0.05, 0.1) is 35.1 Å². The number of anilines is 1. The fourth-order valence-corrected chi connectivity index (χ4v) is 4.94. The first-order valence-corrected chi connectivity index (χ1v) is 11.0. The molecular formula is C26H26N4O3. The van der Waals surface area contributed by atoms with Crippen LogP contribution in [0.25, 0.3) is 0 Å². The normalized spacial score (nSPS) is 14.9. The van der Waals surface area contributed by atoms with Gasteiger partial charge >= 0.3 is 0 Å². The third-order valence-corrected chi connectivity index (χ3v) is 6.83. The summed E-state index contributed by atoms with van der Waals surface area (Å²) in [5, 5.41) is 0. The Morgan fingerprint density at radius 1 is 1.00 bits per heavy atom. The smallest absolute Gasteiger partial charge is 0.237 e. The maximum Gasteiger partial charge on any atom is 0.237 e. The van der Waals surface area contributed by atoms with Gasteiger partial charge in [-0.3, -0.25) is 19.3 Å². The van der Waals surface area contributed by atoms with Crippen molar-refractivity contribution in [1.82, 2.24) is 9.47 Å². The zero-order valence-corrected chi connectivity index (χ0v) is 19.0. The molecule has 0 spiro atoms. The van der Waals surface area contributed by atoms with Crippen molar-refractivity contribution in [2.75, 3.05) is 25.5 Å². The van der Waals surface area contributed by atoms with Gasteiger partial charge in [0.1, 0.15) is 0 Å². The molecule has 1 aliphatic carbocycles. The fourth-order valence-electron chi connectivity index (χ4n) is 4.94. The minimum Gasteiger partial charge on any atom is -0.368 e. The zero-order valence-electron chi connectivity index (χ0n) is 19.0. The quantitative estimate of drug-likeness (QED) is 0.422. The molecule has 0 radical (unpaired) electrons. The van der Waals surface area contributed by atoms with Gasteiger partial charge in [-0.2, -0.15) is 0 Å². The van der Waals surface area contributed by atoms with E-state index in [1.54, 1.807) is 23.1 Å². The molecule has 2 aliphatic rings. The van der Waals surface area contributed by atoms with E-state index in [0.717, 1.165) is 5.69 Å². The summed E-state index contributed by atoms with van der Waals surface area (Å²) in [6.45, 7) is 2.50. The average Bonchev–Trinajstić information content (AvgIpc) is 3.17. The molecule has 0 saturated heterocycles. The number of aromatic nitrogens is 1. The highest BCUT2D eigenvalue weighted by molar-refractivity contribution is 6.30. The molecular weight excluding hydrogens is 416 g/mol. The summed E-state index contributed by atoms with van der Waals surface area (Å²) in [4.78, 5) is 43.2. The largest absolute Gasteiger partial charge is 0.368 e. The predicted octanol–water partition coefficient (Wildman–Crippen LogP) is 2.42. The van der Waals surface area contributed by atoms with Gasteiger partial charge in [-0.05, 0) is 38.2 Å². The lowest BCUT2D eigenvalue weighted by Crippen LogP contribution is -2.47. The number of carbonyl (C=O) groups excluding carboxylic acids is 3. The first-order chi connectivity index (χ1) is 15.8. The van der Waals surface area contributed by atoms with E-state index >= 15 is 0 Å². The summed E-state index contributed by atoms with van der Waals surface area (Å²) in [6, 6.07) is 13.4. The lowest BCUT2D eigenvalue weighted by atomic mass is 9.83. The van der Waals surface area contributed by atoms with Gasteiger partial charge in [0.2, 0.25) is 5.91 Å². The Kier molecular flexibility index (Phi) is 4.94. The first-order valence-electron chi connectivity index (χ1n) is 11.0. The van der Waals surface area contributed by atoms with Gasteiger partial charge in [-0.25, -0.2) is 0 Å². The highest BCUT2D eigenvalue weighted by Gasteiger charge is 2.38. The van der Waals surface area contributed by atoms with Crippen molar-refractivity contribution in [2.24, 2.45) is 5.73 Å². The van der Waals surface area contributed by atoms with E-state index in [9.17, 15) is 14.4 Å². The van der Waals surface area contributed by atoms with Gasteiger partial charge in [0.15, 0.2) is 11.6 Å². The topological polar surface area (TPSA) is 88.6 Å². The van der Waals surface area contributed by atoms with Gasteiger partial charge < -0.3 is 15.2 Å². The SMILES string of the molecule is CC(N(C)C)N(CC(N)=O)c1cccc2c1C(=O)c1c(cn3c1Cc1ccccc1C3)C2=O. The Morgan fingerprint density at radius 3 is 2.42 bits per heavy atom. The van der Waals surface area contributed by atoms with Crippen LogP contribution in [0.1, 0.15) is 55.6 Å². The number of nitrogens with zero attached hydrogens (tertiary/aromatic N) is 3. The number of ketones is 2. The summed E-state index contributed by atoms with van der Waals surface area (Å²) in [5.41, 5.74) is 11.0. The van der Waals surface area contributed by atoms with Crippen molar-refractivity contribution in [3.63, 3.8) is 0 Å². The van der Waals surface area contributed by atoms with Crippen molar-refractivity contribution >= 4 is 23.2 Å². The second-order valence-corrected chi connectivity index (χ2v) is 8.99. The summed E-state index contributed by atoms with van der Waals surface area (Å²) in [7, 11) is 3.78. The molecule has 0 saturated carbocycles. The van der Waals surface area contributed by atoms with Crippen molar-refractivity contribution in [1.29, 1.82) is 0 Å². The molecule has 2 heterocycles. The predicted molar refractivity (Wildman–Crippen MR) is 126 cm³/mol. The maximum absolute atomic E-state index is 14.0. The number of amides is 1. The number of fused-ring (bicyclic) bond motifs is 5. The van der Waals surface area contributed by atoms with Crippen LogP contribution in [-0.4, -0.2) is 53.7 Å². The van der Waals surface area contributed by atoms with Crippen LogP contribution >= 0.6 is 0 Å². The number of hydrogen-bond donors (Lipinski definition) is 1. The summed E-state index contributed by atoms with van der Waals surface area (Å²) < 4.78 is 2.03. The van der Waals surface area contributed by atoms with Gasteiger partial charge in [-0.1, -0.05) is 36.4 Å². The van der Waals surface area contributed by atoms with E-state index in [4.69, 9.17) is 5.73 Å². The van der Waals surface area contributed by atoms with Crippen molar-refractivity contribution in [3.05, 3.63) is 87.7 Å². The Balaban J connectivity index is 1.66. The lowest BCUT2D eigenvalue weighted by Gasteiger charge is -2.36. The van der Waals surface area contributed by atoms with Crippen molar-refractivity contribution in [3.8, 4) is 0 Å². The molecule has 1 unspecified atom stereocenters. The molecule has 7 nitrogen and oxygen atoms in total. The molecule has 0 bridgehead atoms. The third-order valence-electron chi connectivity index (χ3n) is 6.83. The van der Waals surface area contributed by atoms with Crippen molar-refractivity contribution < 1.29 is 14.4 Å². The van der Waals surface area contributed by atoms with Crippen LogP contribution in [0, 0.1) is 0 Å². The van der Waals surface area contributed by atoms with E-state index < -0.39 is 5.91 Å². The first kappa shape index (κ1) is 21.2. The maximum atomic E-state index is 14.0. The van der Waals surface area contributed by atoms with Gasteiger partial charge in [0, 0.05) is 30.4 Å². The number of carbonyl (C=O) groups is 3. The van der Waals surface area contributed by atoms with Crippen LogP contribution in [0.15, 0.2) is 48.7 Å². The summed E-state index contributed by atoms with van der Waals surface area (Å²) >= 11 is 0. The zero-order chi connectivity index (χ0) is 23.4. The lowest BCUT2D eigenvalue weighted by molar-refractivity contribution is -0.116. The Morgan fingerprint density at radius 2 is 1.73 bits per heavy atom. The highest BCUT2D eigenvalue weighted by Crippen LogP contribution is 2.39. The number of primary amides is 1. The molecule has 1 atom stereocenters. The molecule has 3 aromatic rings. The van der Waals surface area contributed by atoms with E-state index in [1.165, 1.54) is 11.1 Å². The van der Waals surface area contributed by atoms with Crippen LogP contribution in [0.5, 0.6) is 0 Å². The summed E-state index contributed by atoms with van der Waals surface area (Å²) in [5.74, 6) is -0.845. The molecule has 33 heavy (non-hydrogen) atoms. The second-order valence-electron chi connectivity index (χ2n) is 8.99. The molecule has 1 aliphatic heterocycles. The second kappa shape index (κ2) is 7.71. The standard InChI is InChI=1S/C26H26N4O3/c1-15(28(2)3)30(14-22(27)31)20-10-6-9-18-23(20)26(33)24-19(25(18)32)13-29-12-17-8-5-4-7-16(17)11-21(24)29/h4-10,13,15H,11-12,14H2,1-3H3,(H2,27,31). The molecule has 1 amide bonds. The minimum atomic E-state index is -0.505. The Labute approximate surface area is 192 Å². The number of rotatable bonds is 5. The fraction of sp³-hybridized carbons (Fsp3) is 0.269. The summed E-state index contributed by atoms with van der Waals surface area (Å²) in [6.07, 6.45) is 2.20. The van der Waals surface area contributed by atoms with Crippen LogP contribution in [0.3, 0.4) is 0 Å². The van der Waals surface area contributed by atoms with Crippen LogP contribution in [-0.2, 0) is 17.8 Å². The average molecular weight is 443 g/mol. The molecule has 2 N–H and O–H groups in total. The van der Waals surface area contributed by atoms with E-state index in [2.05, 4.69) is 12.1 Å². The minimum absolute atomic E-state index is 0.0641.